The van der Waals surface area contributed by atoms with E-state index in [4.69, 9.17) is 23.2 Å². The summed E-state index contributed by atoms with van der Waals surface area (Å²) in [6, 6.07) is 4.70. The summed E-state index contributed by atoms with van der Waals surface area (Å²) in [6.07, 6.45) is 4.92. The van der Waals surface area contributed by atoms with E-state index < -0.39 is 5.91 Å². The Balaban J connectivity index is 1.46. The Morgan fingerprint density at radius 1 is 1.08 bits per heavy atom. The van der Waals surface area contributed by atoms with Crippen LogP contribution in [-0.2, 0) is 14.4 Å². The van der Waals surface area contributed by atoms with E-state index in [9.17, 15) is 14.4 Å². The number of rotatable bonds is 3. The van der Waals surface area contributed by atoms with Crippen LogP contribution < -0.4 is 5.32 Å². The number of carbonyl (C=O) groups is 3. The molecule has 24 heavy (non-hydrogen) atoms. The molecule has 2 bridgehead atoms. The van der Waals surface area contributed by atoms with Gasteiger partial charge in [-0.05, 0) is 36.5 Å². The van der Waals surface area contributed by atoms with Crippen molar-refractivity contribution in [3.05, 3.63) is 40.4 Å². The number of hydrogen-bond donors (Lipinski definition) is 1. The number of benzene rings is 1. The molecule has 3 amide bonds. The molecule has 3 aliphatic rings. The summed E-state index contributed by atoms with van der Waals surface area (Å²) in [7, 11) is 0. The zero-order chi connectivity index (χ0) is 17.0. The van der Waals surface area contributed by atoms with Crippen molar-refractivity contribution >= 4 is 46.6 Å². The van der Waals surface area contributed by atoms with Gasteiger partial charge in [0.05, 0.1) is 21.9 Å². The molecule has 0 unspecified atom stereocenters. The summed E-state index contributed by atoms with van der Waals surface area (Å²) in [6.45, 7) is -0.273. The Morgan fingerprint density at radius 3 is 2.29 bits per heavy atom. The van der Waals surface area contributed by atoms with E-state index in [2.05, 4.69) is 5.32 Å². The van der Waals surface area contributed by atoms with Crippen LogP contribution in [0.2, 0.25) is 10.0 Å². The molecule has 4 atom stereocenters. The summed E-state index contributed by atoms with van der Waals surface area (Å²) in [5.41, 5.74) is 0.468. The quantitative estimate of drug-likeness (QED) is 0.662. The zero-order valence-electron chi connectivity index (χ0n) is 12.5. The van der Waals surface area contributed by atoms with Crippen LogP contribution >= 0.6 is 23.2 Å². The van der Waals surface area contributed by atoms with E-state index in [1.54, 1.807) is 12.1 Å². The second kappa shape index (κ2) is 5.60. The highest BCUT2D eigenvalue weighted by Crippen LogP contribution is 2.52. The molecule has 2 aliphatic carbocycles. The van der Waals surface area contributed by atoms with Gasteiger partial charge in [0.2, 0.25) is 17.7 Å². The maximum absolute atomic E-state index is 12.5. The Morgan fingerprint density at radius 2 is 1.71 bits per heavy atom. The van der Waals surface area contributed by atoms with E-state index in [0.29, 0.717) is 15.7 Å². The number of amides is 3. The molecule has 5 nitrogen and oxygen atoms in total. The van der Waals surface area contributed by atoms with E-state index in [0.717, 1.165) is 11.3 Å². The van der Waals surface area contributed by atoms with E-state index >= 15 is 0 Å². The second-order valence-electron chi connectivity index (χ2n) is 6.44. The molecule has 0 aromatic heterocycles. The van der Waals surface area contributed by atoms with Gasteiger partial charge >= 0.3 is 0 Å². The van der Waals surface area contributed by atoms with Gasteiger partial charge in [0, 0.05) is 5.69 Å². The van der Waals surface area contributed by atoms with Gasteiger partial charge in [-0.3, -0.25) is 19.3 Å². The molecule has 1 N–H and O–H groups in total. The Bertz CT molecular complexity index is 762. The van der Waals surface area contributed by atoms with Crippen LogP contribution in [0.1, 0.15) is 6.42 Å². The largest absolute Gasteiger partial charge is 0.324 e. The van der Waals surface area contributed by atoms with Crippen molar-refractivity contribution in [3.63, 3.8) is 0 Å². The normalized spacial score (nSPS) is 30.2. The lowest BCUT2D eigenvalue weighted by Crippen LogP contribution is -2.39. The minimum atomic E-state index is -0.435. The van der Waals surface area contributed by atoms with E-state index in [1.165, 1.54) is 6.07 Å². The Labute approximate surface area is 148 Å². The maximum atomic E-state index is 12.5. The highest BCUT2D eigenvalue weighted by molar-refractivity contribution is 6.42. The average Bonchev–Trinajstić information content (AvgIpc) is 3.21. The highest BCUT2D eigenvalue weighted by Gasteiger charge is 2.59. The van der Waals surface area contributed by atoms with Crippen molar-refractivity contribution in [2.45, 2.75) is 6.42 Å². The van der Waals surface area contributed by atoms with E-state index in [-0.39, 0.29) is 42.0 Å². The molecule has 1 aliphatic heterocycles. The van der Waals surface area contributed by atoms with Gasteiger partial charge in [-0.15, -0.1) is 0 Å². The Hall–Kier alpha value is -1.85. The number of nitrogens with zero attached hydrogens (tertiary/aromatic N) is 1. The monoisotopic (exact) mass is 364 g/mol. The summed E-state index contributed by atoms with van der Waals surface area (Å²) >= 11 is 11.7. The molecule has 7 heteroatoms. The first-order valence-corrected chi connectivity index (χ1v) is 8.50. The van der Waals surface area contributed by atoms with Gasteiger partial charge in [0.15, 0.2) is 0 Å². The molecule has 2 fully saturated rings. The molecule has 0 spiro atoms. The third kappa shape index (κ3) is 2.34. The topological polar surface area (TPSA) is 66.5 Å². The molecular formula is C17H14Cl2N2O3. The molecule has 124 valence electrons. The predicted octanol–water partition coefficient (Wildman–Crippen LogP) is 2.74. The van der Waals surface area contributed by atoms with Gasteiger partial charge in [-0.1, -0.05) is 35.4 Å². The maximum Gasteiger partial charge on any atom is 0.244 e. The zero-order valence-corrected chi connectivity index (χ0v) is 14.1. The number of nitrogens with one attached hydrogen (secondary N) is 1. The Kier molecular flexibility index (Phi) is 3.66. The van der Waals surface area contributed by atoms with Crippen LogP contribution in [0, 0.1) is 23.7 Å². The van der Waals surface area contributed by atoms with Crippen LogP contribution in [0.5, 0.6) is 0 Å². The van der Waals surface area contributed by atoms with Crippen molar-refractivity contribution in [2.75, 3.05) is 11.9 Å². The van der Waals surface area contributed by atoms with E-state index in [1.807, 2.05) is 12.2 Å². The minimum absolute atomic E-state index is 0.139. The number of hydrogen-bond acceptors (Lipinski definition) is 3. The van der Waals surface area contributed by atoms with Crippen LogP contribution in [0.15, 0.2) is 30.4 Å². The van der Waals surface area contributed by atoms with Gasteiger partial charge in [-0.25, -0.2) is 0 Å². The first kappa shape index (κ1) is 15.7. The molecule has 1 saturated carbocycles. The summed E-state index contributed by atoms with van der Waals surface area (Å²) in [5.74, 6) is -1.19. The number of imide groups is 1. The van der Waals surface area contributed by atoms with Gasteiger partial charge in [0.1, 0.15) is 6.54 Å². The summed E-state index contributed by atoms with van der Waals surface area (Å²) in [5, 5.41) is 3.34. The van der Waals surface area contributed by atoms with Gasteiger partial charge in [-0.2, -0.15) is 0 Å². The number of fused-ring (bicyclic) bond motifs is 5. The SMILES string of the molecule is O=C(CN1C(=O)[C@H]2[C@H](C1=O)[C@H]1C=C[C@H]2C1)Nc1ccc(Cl)c(Cl)c1. The van der Waals surface area contributed by atoms with Crippen molar-refractivity contribution < 1.29 is 14.4 Å². The van der Waals surface area contributed by atoms with Crippen molar-refractivity contribution in [1.29, 1.82) is 0 Å². The number of anilines is 1. The lowest BCUT2D eigenvalue weighted by molar-refractivity contribution is -0.143. The summed E-state index contributed by atoms with van der Waals surface area (Å²) in [4.78, 5) is 38.4. The number of carbonyl (C=O) groups excluding carboxylic acids is 3. The molecule has 1 aromatic rings. The fourth-order valence-corrected chi connectivity index (χ4v) is 4.34. The van der Waals surface area contributed by atoms with Crippen molar-refractivity contribution in [1.82, 2.24) is 4.90 Å². The third-order valence-corrected chi connectivity index (χ3v) is 5.81. The second-order valence-corrected chi connectivity index (χ2v) is 7.25. The first-order chi connectivity index (χ1) is 11.5. The van der Waals surface area contributed by atoms with Crippen LogP contribution in [-0.4, -0.2) is 29.2 Å². The fourth-order valence-electron chi connectivity index (χ4n) is 4.04. The molecule has 4 rings (SSSR count). The fraction of sp³-hybridized carbons (Fsp3) is 0.353. The lowest BCUT2D eigenvalue weighted by atomic mass is 9.85. The molecule has 1 heterocycles. The molecule has 0 radical (unpaired) electrons. The minimum Gasteiger partial charge on any atom is -0.324 e. The van der Waals surface area contributed by atoms with Crippen molar-refractivity contribution in [3.8, 4) is 0 Å². The third-order valence-electron chi connectivity index (χ3n) is 5.07. The smallest absolute Gasteiger partial charge is 0.244 e. The summed E-state index contributed by atoms with van der Waals surface area (Å²) < 4.78 is 0. The number of halogens is 2. The van der Waals surface area contributed by atoms with Crippen LogP contribution in [0.25, 0.3) is 0 Å². The molecule has 1 saturated heterocycles. The van der Waals surface area contributed by atoms with Crippen LogP contribution in [0.4, 0.5) is 5.69 Å². The molecule has 1 aromatic carbocycles. The standard InChI is InChI=1S/C17H14Cl2N2O3/c18-11-4-3-10(6-12(11)19)20-13(22)7-21-16(23)14-8-1-2-9(5-8)15(14)17(21)24/h1-4,6,8-9,14-15H,5,7H2,(H,20,22)/t8-,9-,14+,15+/m0/s1. The highest BCUT2D eigenvalue weighted by atomic mass is 35.5. The van der Waals surface area contributed by atoms with Crippen molar-refractivity contribution in [2.24, 2.45) is 23.7 Å². The average molecular weight is 365 g/mol. The molecular weight excluding hydrogens is 351 g/mol. The first-order valence-electron chi connectivity index (χ1n) is 7.74. The van der Waals surface area contributed by atoms with Crippen LogP contribution in [0.3, 0.4) is 0 Å². The van der Waals surface area contributed by atoms with Gasteiger partial charge < -0.3 is 5.32 Å². The predicted molar refractivity (Wildman–Crippen MR) is 89.5 cm³/mol. The van der Waals surface area contributed by atoms with Gasteiger partial charge in [0.25, 0.3) is 0 Å². The number of likely N-dealkylation sites (tertiary alicyclic amines) is 1. The number of allylic oxidation sites excluding steroid dienone is 2. The lowest BCUT2D eigenvalue weighted by Gasteiger charge is -2.17.